The van der Waals surface area contributed by atoms with Crippen LogP contribution in [0, 0.1) is 13.8 Å². The van der Waals surface area contributed by atoms with Crippen molar-refractivity contribution >= 4 is 23.2 Å². The number of rotatable bonds is 4. The maximum Gasteiger partial charge on any atom is 0.231 e. The van der Waals surface area contributed by atoms with Crippen LogP contribution in [0.3, 0.4) is 0 Å². The van der Waals surface area contributed by atoms with E-state index in [-0.39, 0.29) is 5.78 Å². The summed E-state index contributed by atoms with van der Waals surface area (Å²) in [6.07, 6.45) is 2.82. The van der Waals surface area contributed by atoms with Crippen LogP contribution in [-0.2, 0) is 13.0 Å². The Hall–Kier alpha value is -2.89. The average molecular weight is 418 g/mol. The molecule has 30 heavy (non-hydrogen) atoms. The van der Waals surface area contributed by atoms with Crippen LogP contribution in [-0.4, -0.2) is 24.0 Å². The van der Waals surface area contributed by atoms with Crippen LogP contribution in [0.5, 0.6) is 11.5 Å². The van der Waals surface area contributed by atoms with Gasteiger partial charge < -0.3 is 9.47 Å². The molecule has 3 heterocycles. The number of hydrogen-bond acceptors (Lipinski definition) is 5. The van der Waals surface area contributed by atoms with E-state index in [2.05, 4.69) is 22.4 Å². The summed E-state index contributed by atoms with van der Waals surface area (Å²) in [7, 11) is 0. The summed E-state index contributed by atoms with van der Waals surface area (Å²) in [4.78, 5) is 16.7. The van der Waals surface area contributed by atoms with Gasteiger partial charge in [0, 0.05) is 29.1 Å². The van der Waals surface area contributed by atoms with E-state index < -0.39 is 0 Å². The van der Waals surface area contributed by atoms with Crippen molar-refractivity contribution in [2.45, 2.75) is 26.8 Å². The third-order valence-corrected chi connectivity index (χ3v) is 6.57. The number of carbonyl (C=O) groups excluding carboxylic acids is 1. The number of ether oxygens (including phenoxy) is 2. The van der Waals surface area contributed by atoms with Crippen LogP contribution in [0.1, 0.15) is 37.5 Å². The third kappa shape index (κ3) is 3.55. The number of hydrogen-bond donors (Lipinski definition) is 0. The number of aryl methyl sites for hydroxylation is 1. The lowest BCUT2D eigenvalue weighted by Crippen LogP contribution is -2.34. The van der Waals surface area contributed by atoms with E-state index in [0.29, 0.717) is 23.8 Å². The molecule has 152 valence electrons. The maximum absolute atomic E-state index is 13.0. The lowest BCUT2D eigenvalue weighted by molar-refractivity contribution is 0.0956. The number of ketones is 1. The molecule has 5 rings (SSSR count). The van der Waals surface area contributed by atoms with Gasteiger partial charge in [-0.25, -0.2) is 0 Å². The molecule has 5 heteroatoms. The summed E-state index contributed by atoms with van der Waals surface area (Å²) in [5.41, 5.74) is 4.73. The van der Waals surface area contributed by atoms with Crippen LogP contribution >= 0.6 is 11.3 Å². The molecule has 0 amide bonds. The first-order valence-corrected chi connectivity index (χ1v) is 11.0. The monoisotopic (exact) mass is 417 g/mol. The van der Waals surface area contributed by atoms with E-state index in [0.717, 1.165) is 42.0 Å². The fourth-order valence-corrected chi connectivity index (χ4v) is 4.68. The Bertz CT molecular complexity index is 1130. The molecule has 0 N–H and O–H groups in total. The van der Waals surface area contributed by atoms with Crippen LogP contribution in [0.4, 0.5) is 0 Å². The molecule has 1 aromatic heterocycles. The van der Waals surface area contributed by atoms with Crippen molar-refractivity contribution in [3.8, 4) is 11.5 Å². The van der Waals surface area contributed by atoms with Gasteiger partial charge in [0.2, 0.25) is 5.78 Å². The number of Topliss-reactive ketones (excluding diaryl/α,β-unsaturated/α-hetero) is 1. The minimum atomic E-state index is -0.0628. The van der Waals surface area contributed by atoms with Crippen molar-refractivity contribution in [3.63, 3.8) is 0 Å². The molecule has 0 spiro atoms. The van der Waals surface area contributed by atoms with Crippen molar-refractivity contribution in [1.29, 1.82) is 0 Å². The molecule has 0 radical (unpaired) electrons. The summed E-state index contributed by atoms with van der Waals surface area (Å²) < 4.78 is 12.1. The van der Waals surface area contributed by atoms with Crippen molar-refractivity contribution in [2.75, 3.05) is 13.3 Å². The second-order valence-electron chi connectivity index (χ2n) is 7.87. The van der Waals surface area contributed by atoms with E-state index in [9.17, 15) is 4.79 Å². The predicted octanol–water partition coefficient (Wildman–Crippen LogP) is 5.38. The van der Waals surface area contributed by atoms with Gasteiger partial charge >= 0.3 is 0 Å². The third-order valence-electron chi connectivity index (χ3n) is 5.63. The quantitative estimate of drug-likeness (QED) is 0.535. The Morgan fingerprint density at radius 1 is 1.13 bits per heavy atom. The molecule has 2 aromatic carbocycles. The number of nitrogens with zero attached hydrogens (tertiary/aromatic N) is 1. The van der Waals surface area contributed by atoms with Gasteiger partial charge in [-0.15, -0.1) is 11.3 Å². The number of fused-ring (bicyclic) bond motifs is 2. The standard InChI is InChI=1S/C25H23NO3S/c1-16-5-7-18(8-6-16)12-22-23(27)21-13-19-14-26(10-9-20-4-3-11-30-20)15-28-24(19)17(2)25(21)29-22/h3-8,11-13H,9-10,14-15H2,1-2H3/b22-12-. The normalized spacial score (nSPS) is 16.9. The summed E-state index contributed by atoms with van der Waals surface area (Å²) >= 11 is 1.78. The smallest absolute Gasteiger partial charge is 0.231 e. The second-order valence-corrected chi connectivity index (χ2v) is 8.90. The zero-order valence-electron chi connectivity index (χ0n) is 17.1. The van der Waals surface area contributed by atoms with Crippen LogP contribution in [0.25, 0.3) is 6.08 Å². The molecule has 0 saturated carbocycles. The first kappa shape index (κ1) is 19.1. The average Bonchev–Trinajstić information content (AvgIpc) is 3.38. The zero-order chi connectivity index (χ0) is 20.7. The van der Waals surface area contributed by atoms with Gasteiger partial charge in [0.15, 0.2) is 5.76 Å². The van der Waals surface area contributed by atoms with E-state index in [1.165, 1.54) is 10.4 Å². The highest BCUT2D eigenvalue weighted by Gasteiger charge is 2.33. The number of carbonyl (C=O) groups is 1. The van der Waals surface area contributed by atoms with Gasteiger partial charge in [-0.2, -0.15) is 0 Å². The Morgan fingerprint density at radius 3 is 2.73 bits per heavy atom. The lowest BCUT2D eigenvalue weighted by atomic mass is 10.00. The number of allylic oxidation sites excluding steroid dienone is 1. The topological polar surface area (TPSA) is 38.8 Å². The van der Waals surface area contributed by atoms with E-state index >= 15 is 0 Å². The minimum absolute atomic E-state index is 0.0628. The fraction of sp³-hybridized carbons (Fsp3) is 0.240. The Balaban J connectivity index is 1.38. The second kappa shape index (κ2) is 7.74. The van der Waals surface area contributed by atoms with Crippen molar-refractivity contribution in [2.24, 2.45) is 0 Å². The summed E-state index contributed by atoms with van der Waals surface area (Å²) in [5.74, 6) is 1.79. The molecule has 0 fully saturated rings. The van der Waals surface area contributed by atoms with Crippen molar-refractivity contribution in [1.82, 2.24) is 4.90 Å². The molecule has 3 aromatic rings. The van der Waals surface area contributed by atoms with Crippen LogP contribution < -0.4 is 9.47 Å². The Morgan fingerprint density at radius 2 is 1.97 bits per heavy atom. The molecule has 2 aliphatic heterocycles. The fourth-order valence-electron chi connectivity index (χ4n) is 3.98. The molecular weight excluding hydrogens is 394 g/mol. The molecule has 4 nitrogen and oxygen atoms in total. The van der Waals surface area contributed by atoms with Crippen LogP contribution in [0.15, 0.2) is 53.6 Å². The maximum atomic E-state index is 13.0. The lowest BCUT2D eigenvalue weighted by Gasteiger charge is -2.30. The highest BCUT2D eigenvalue weighted by molar-refractivity contribution is 7.09. The number of thiophene rings is 1. The van der Waals surface area contributed by atoms with Crippen molar-refractivity contribution in [3.05, 3.63) is 86.3 Å². The highest BCUT2D eigenvalue weighted by atomic mass is 32.1. The first-order valence-electron chi connectivity index (χ1n) is 10.1. The Kier molecular flexibility index (Phi) is 4.93. The molecule has 0 bridgehead atoms. The zero-order valence-corrected chi connectivity index (χ0v) is 17.9. The number of benzene rings is 2. The van der Waals surface area contributed by atoms with Gasteiger partial charge in [-0.1, -0.05) is 35.9 Å². The van der Waals surface area contributed by atoms with E-state index in [4.69, 9.17) is 9.47 Å². The van der Waals surface area contributed by atoms with E-state index in [1.54, 1.807) is 11.3 Å². The summed E-state index contributed by atoms with van der Waals surface area (Å²) in [6.45, 7) is 6.28. The largest absolute Gasteiger partial charge is 0.477 e. The van der Waals surface area contributed by atoms with Gasteiger partial charge in [-0.05, 0) is 49.4 Å². The van der Waals surface area contributed by atoms with E-state index in [1.807, 2.05) is 50.3 Å². The molecule has 0 aliphatic carbocycles. The van der Waals surface area contributed by atoms with Gasteiger partial charge in [0.1, 0.15) is 18.2 Å². The van der Waals surface area contributed by atoms with Crippen molar-refractivity contribution < 1.29 is 14.3 Å². The molecule has 0 unspecified atom stereocenters. The highest BCUT2D eigenvalue weighted by Crippen LogP contribution is 2.43. The summed E-state index contributed by atoms with van der Waals surface area (Å²) in [6, 6.07) is 14.2. The predicted molar refractivity (Wildman–Crippen MR) is 119 cm³/mol. The van der Waals surface area contributed by atoms with Gasteiger partial charge in [-0.3, -0.25) is 9.69 Å². The Labute approximate surface area is 180 Å². The van der Waals surface area contributed by atoms with Gasteiger partial charge in [0.05, 0.1) is 5.56 Å². The molecule has 2 aliphatic rings. The minimum Gasteiger partial charge on any atom is -0.477 e. The van der Waals surface area contributed by atoms with Crippen LogP contribution in [0.2, 0.25) is 0 Å². The summed E-state index contributed by atoms with van der Waals surface area (Å²) in [5, 5.41) is 2.11. The first-order chi connectivity index (χ1) is 14.6. The molecular formula is C25H23NO3S. The molecule has 0 atom stereocenters. The SMILES string of the molecule is Cc1ccc(/C=C2\Oc3c(cc4c(c3C)OCN(CCc3cccs3)C4)C2=O)cc1. The molecule has 0 saturated heterocycles. The van der Waals surface area contributed by atoms with Gasteiger partial charge in [0.25, 0.3) is 0 Å².